The summed E-state index contributed by atoms with van der Waals surface area (Å²) in [6.45, 7) is 9.69. The van der Waals surface area contributed by atoms with Gasteiger partial charge < -0.3 is 5.32 Å². The Kier molecular flexibility index (Phi) is 6.36. The van der Waals surface area contributed by atoms with Crippen LogP contribution in [0.25, 0.3) is 0 Å². The average molecular weight is 221 g/mol. The lowest BCUT2D eigenvalue weighted by Gasteiger charge is -2.15. The summed E-state index contributed by atoms with van der Waals surface area (Å²) in [5, 5.41) is 3.18. The first-order valence-electron chi connectivity index (χ1n) is 5.30. The first-order chi connectivity index (χ1) is 6.39. The van der Waals surface area contributed by atoms with E-state index in [1.54, 1.807) is 6.92 Å². The Morgan fingerprint density at radius 2 is 1.79 bits per heavy atom. The van der Waals surface area contributed by atoms with Crippen molar-refractivity contribution < 1.29 is 8.42 Å². The molecule has 0 fully saturated rings. The summed E-state index contributed by atoms with van der Waals surface area (Å²) in [6, 6.07) is 0. The fraction of sp³-hybridized carbons (Fsp3) is 1.00. The molecular formula is C10H23NO2S. The molecular weight excluding hydrogens is 198 g/mol. The second kappa shape index (κ2) is 6.40. The maximum atomic E-state index is 11.1. The minimum atomic E-state index is -2.80. The molecule has 1 N–H and O–H groups in total. The molecule has 1 unspecified atom stereocenters. The SMILES string of the molecule is CCS(=O)(=O)CCNCC(C)C(C)C. The van der Waals surface area contributed by atoms with Crippen LogP contribution in [0.15, 0.2) is 0 Å². The van der Waals surface area contributed by atoms with E-state index in [2.05, 4.69) is 26.1 Å². The maximum Gasteiger partial charge on any atom is 0.151 e. The van der Waals surface area contributed by atoms with Gasteiger partial charge in [0.2, 0.25) is 0 Å². The molecule has 0 aromatic heterocycles. The third-order valence-corrected chi connectivity index (χ3v) is 4.34. The summed E-state index contributed by atoms with van der Waals surface area (Å²) in [7, 11) is -2.80. The number of rotatable bonds is 7. The topological polar surface area (TPSA) is 46.2 Å². The quantitative estimate of drug-likeness (QED) is 0.659. The lowest BCUT2D eigenvalue weighted by Crippen LogP contribution is -2.29. The molecule has 0 rings (SSSR count). The fourth-order valence-corrected chi connectivity index (χ4v) is 1.68. The molecule has 0 bridgehead atoms. The van der Waals surface area contributed by atoms with Crippen molar-refractivity contribution in [3.05, 3.63) is 0 Å². The third-order valence-electron chi connectivity index (χ3n) is 2.63. The normalized spacial score (nSPS) is 14.6. The predicted molar refractivity (Wildman–Crippen MR) is 61.2 cm³/mol. The van der Waals surface area contributed by atoms with Gasteiger partial charge >= 0.3 is 0 Å². The Bertz CT molecular complexity index is 235. The van der Waals surface area contributed by atoms with Gasteiger partial charge in [-0.2, -0.15) is 0 Å². The summed E-state index contributed by atoms with van der Waals surface area (Å²) in [6.07, 6.45) is 0. The zero-order valence-corrected chi connectivity index (χ0v) is 10.5. The highest BCUT2D eigenvalue weighted by atomic mass is 32.2. The van der Waals surface area contributed by atoms with Gasteiger partial charge in [0.05, 0.1) is 5.75 Å². The van der Waals surface area contributed by atoms with Gasteiger partial charge in [0.25, 0.3) is 0 Å². The molecule has 0 saturated carbocycles. The second-order valence-corrected chi connectivity index (χ2v) is 6.63. The van der Waals surface area contributed by atoms with E-state index < -0.39 is 9.84 Å². The first kappa shape index (κ1) is 13.9. The lowest BCUT2D eigenvalue weighted by atomic mass is 9.98. The lowest BCUT2D eigenvalue weighted by molar-refractivity contribution is 0.397. The van der Waals surface area contributed by atoms with Crippen LogP contribution in [0.4, 0.5) is 0 Å². The molecule has 0 aliphatic rings. The molecule has 0 aliphatic heterocycles. The van der Waals surface area contributed by atoms with Crippen molar-refractivity contribution in [2.75, 3.05) is 24.6 Å². The van der Waals surface area contributed by atoms with Crippen LogP contribution in [-0.2, 0) is 9.84 Å². The van der Waals surface area contributed by atoms with Crippen molar-refractivity contribution >= 4 is 9.84 Å². The summed E-state index contributed by atoms with van der Waals surface area (Å²) < 4.78 is 22.3. The molecule has 0 heterocycles. The molecule has 0 amide bonds. The van der Waals surface area contributed by atoms with Gasteiger partial charge in [-0.25, -0.2) is 8.42 Å². The van der Waals surface area contributed by atoms with Crippen molar-refractivity contribution in [3.8, 4) is 0 Å². The molecule has 0 radical (unpaired) electrons. The van der Waals surface area contributed by atoms with E-state index in [4.69, 9.17) is 0 Å². The zero-order chi connectivity index (χ0) is 11.2. The molecule has 4 heteroatoms. The summed E-state index contributed by atoms with van der Waals surface area (Å²) >= 11 is 0. The number of hydrogen-bond acceptors (Lipinski definition) is 3. The molecule has 3 nitrogen and oxygen atoms in total. The van der Waals surface area contributed by atoms with Crippen molar-refractivity contribution in [1.29, 1.82) is 0 Å². The fourth-order valence-electron chi connectivity index (χ4n) is 0.937. The number of hydrogen-bond donors (Lipinski definition) is 1. The van der Waals surface area contributed by atoms with Crippen molar-refractivity contribution in [2.45, 2.75) is 27.7 Å². The first-order valence-corrected chi connectivity index (χ1v) is 7.12. The Labute approximate surface area is 88.2 Å². The molecule has 86 valence electrons. The van der Waals surface area contributed by atoms with Crippen molar-refractivity contribution in [3.63, 3.8) is 0 Å². The standard InChI is InChI=1S/C10H23NO2S/c1-5-14(12,13)7-6-11-8-10(4)9(2)3/h9-11H,5-8H2,1-4H3. The van der Waals surface area contributed by atoms with Crippen molar-refractivity contribution in [1.82, 2.24) is 5.32 Å². The van der Waals surface area contributed by atoms with Crippen LogP contribution in [-0.4, -0.2) is 33.0 Å². The molecule has 0 aromatic rings. The van der Waals surface area contributed by atoms with E-state index in [9.17, 15) is 8.42 Å². The van der Waals surface area contributed by atoms with Gasteiger partial charge in [-0.05, 0) is 18.4 Å². The monoisotopic (exact) mass is 221 g/mol. The summed E-state index contributed by atoms with van der Waals surface area (Å²) in [5.41, 5.74) is 0. The minimum absolute atomic E-state index is 0.244. The van der Waals surface area contributed by atoms with E-state index in [1.807, 2.05) is 0 Å². The van der Waals surface area contributed by atoms with Gasteiger partial charge in [-0.15, -0.1) is 0 Å². The molecule has 0 spiro atoms. The smallest absolute Gasteiger partial charge is 0.151 e. The van der Waals surface area contributed by atoms with E-state index in [0.29, 0.717) is 18.4 Å². The highest BCUT2D eigenvalue weighted by Gasteiger charge is 2.08. The van der Waals surface area contributed by atoms with Crippen molar-refractivity contribution in [2.24, 2.45) is 11.8 Å². The molecule has 0 saturated heterocycles. The highest BCUT2D eigenvalue weighted by molar-refractivity contribution is 7.91. The Morgan fingerprint density at radius 1 is 1.21 bits per heavy atom. The largest absolute Gasteiger partial charge is 0.315 e. The van der Waals surface area contributed by atoms with Gasteiger partial charge in [-0.3, -0.25) is 0 Å². The summed E-state index contributed by atoms with van der Waals surface area (Å²) in [4.78, 5) is 0. The molecule has 0 aromatic carbocycles. The molecule has 14 heavy (non-hydrogen) atoms. The van der Waals surface area contributed by atoms with Gasteiger partial charge in [0, 0.05) is 12.3 Å². The van der Waals surface area contributed by atoms with E-state index in [0.717, 1.165) is 6.54 Å². The maximum absolute atomic E-state index is 11.1. The number of nitrogens with one attached hydrogen (secondary N) is 1. The van der Waals surface area contributed by atoms with Gasteiger partial charge in [-0.1, -0.05) is 27.7 Å². The third kappa shape index (κ3) is 6.38. The van der Waals surface area contributed by atoms with Crippen LogP contribution in [0.1, 0.15) is 27.7 Å². The second-order valence-electron chi connectivity index (χ2n) is 4.16. The zero-order valence-electron chi connectivity index (χ0n) is 9.71. The predicted octanol–water partition coefficient (Wildman–Crippen LogP) is 1.30. The van der Waals surface area contributed by atoms with Crippen LogP contribution in [0.2, 0.25) is 0 Å². The van der Waals surface area contributed by atoms with E-state index in [-0.39, 0.29) is 11.5 Å². The Hall–Kier alpha value is -0.0900. The Morgan fingerprint density at radius 3 is 2.21 bits per heavy atom. The molecule has 1 atom stereocenters. The van der Waals surface area contributed by atoms with E-state index >= 15 is 0 Å². The van der Waals surface area contributed by atoms with Crippen LogP contribution < -0.4 is 5.32 Å². The number of sulfone groups is 1. The van der Waals surface area contributed by atoms with Crippen LogP contribution >= 0.6 is 0 Å². The average Bonchev–Trinajstić information content (AvgIpc) is 2.12. The summed E-state index contributed by atoms with van der Waals surface area (Å²) in [5.74, 6) is 1.74. The Balaban J connectivity index is 3.57. The highest BCUT2D eigenvalue weighted by Crippen LogP contribution is 2.07. The van der Waals surface area contributed by atoms with Gasteiger partial charge in [0.15, 0.2) is 9.84 Å². The van der Waals surface area contributed by atoms with Gasteiger partial charge in [0.1, 0.15) is 0 Å². The van der Waals surface area contributed by atoms with Crippen LogP contribution in [0.3, 0.4) is 0 Å². The molecule has 0 aliphatic carbocycles. The van der Waals surface area contributed by atoms with Crippen LogP contribution in [0.5, 0.6) is 0 Å². The van der Waals surface area contributed by atoms with E-state index in [1.165, 1.54) is 0 Å². The van der Waals surface area contributed by atoms with Crippen LogP contribution in [0, 0.1) is 11.8 Å². The minimum Gasteiger partial charge on any atom is -0.315 e.